The molecular weight excluding hydrogens is 232 g/mol. The van der Waals surface area contributed by atoms with Crippen LogP contribution < -0.4 is 5.32 Å². The summed E-state index contributed by atoms with van der Waals surface area (Å²) in [6, 6.07) is 2.72. The van der Waals surface area contributed by atoms with Gasteiger partial charge in [-0.15, -0.1) is 0 Å². The number of thiophene rings is 1. The van der Waals surface area contributed by atoms with E-state index in [1.54, 1.807) is 16.2 Å². The van der Waals surface area contributed by atoms with Gasteiger partial charge in [-0.2, -0.15) is 11.3 Å². The molecular formula is C13H22N2OS. The topological polar surface area (TPSA) is 32.3 Å². The number of carbonyl (C=O) groups excluding carboxylic acids is 1. The largest absolute Gasteiger partial charge is 0.342 e. The smallest absolute Gasteiger partial charge is 0.236 e. The van der Waals surface area contributed by atoms with E-state index in [1.165, 1.54) is 5.56 Å². The van der Waals surface area contributed by atoms with Crippen LogP contribution in [0, 0.1) is 0 Å². The summed E-state index contributed by atoms with van der Waals surface area (Å²) in [6.07, 6.45) is 0.974. The Bertz CT molecular complexity index is 335. The molecule has 0 saturated heterocycles. The third-order valence-electron chi connectivity index (χ3n) is 2.89. The molecule has 3 nitrogen and oxygen atoms in total. The molecule has 0 fully saturated rings. The maximum absolute atomic E-state index is 11.8. The van der Waals surface area contributed by atoms with Crippen LogP contribution in [0.25, 0.3) is 0 Å². The van der Waals surface area contributed by atoms with Crippen molar-refractivity contribution in [1.29, 1.82) is 0 Å². The van der Waals surface area contributed by atoms with Gasteiger partial charge in [-0.25, -0.2) is 0 Å². The van der Waals surface area contributed by atoms with Gasteiger partial charge in [0.1, 0.15) is 0 Å². The zero-order chi connectivity index (χ0) is 12.8. The molecule has 1 heterocycles. The minimum absolute atomic E-state index is 0.150. The summed E-state index contributed by atoms with van der Waals surface area (Å²) < 4.78 is 0. The van der Waals surface area contributed by atoms with E-state index < -0.39 is 0 Å². The first-order valence-electron chi connectivity index (χ1n) is 6.00. The van der Waals surface area contributed by atoms with Crippen LogP contribution >= 0.6 is 11.3 Å². The van der Waals surface area contributed by atoms with Crippen LogP contribution in [0.3, 0.4) is 0 Å². The molecule has 1 amide bonds. The standard InChI is InChI=1S/C13H22N2OS/c1-10(2)15(4)13(16)8-14-11(3)7-12-5-6-17-9-12/h5-6,9-11,14H,7-8H2,1-4H3. The summed E-state index contributed by atoms with van der Waals surface area (Å²) in [5, 5.41) is 7.51. The van der Waals surface area contributed by atoms with Gasteiger partial charge in [0.05, 0.1) is 6.54 Å². The van der Waals surface area contributed by atoms with Crippen molar-refractivity contribution < 1.29 is 4.79 Å². The van der Waals surface area contributed by atoms with E-state index in [4.69, 9.17) is 0 Å². The van der Waals surface area contributed by atoms with Crippen LogP contribution in [0.5, 0.6) is 0 Å². The van der Waals surface area contributed by atoms with Crippen LogP contribution in [0.1, 0.15) is 26.3 Å². The molecule has 0 aromatic carbocycles. The lowest BCUT2D eigenvalue weighted by molar-refractivity contribution is -0.130. The van der Waals surface area contributed by atoms with Crippen molar-refractivity contribution >= 4 is 17.2 Å². The third kappa shape index (κ3) is 4.88. The Morgan fingerprint density at radius 2 is 2.18 bits per heavy atom. The van der Waals surface area contributed by atoms with E-state index in [0.717, 1.165) is 6.42 Å². The average molecular weight is 254 g/mol. The van der Waals surface area contributed by atoms with Crippen molar-refractivity contribution in [3.8, 4) is 0 Å². The molecule has 0 aliphatic carbocycles. The molecule has 1 aromatic rings. The summed E-state index contributed by atoms with van der Waals surface area (Å²) in [5.74, 6) is 0.150. The van der Waals surface area contributed by atoms with Gasteiger partial charge in [0.15, 0.2) is 0 Å². The number of carbonyl (C=O) groups is 1. The lowest BCUT2D eigenvalue weighted by Crippen LogP contribution is -2.42. The lowest BCUT2D eigenvalue weighted by Gasteiger charge is -2.22. The maximum Gasteiger partial charge on any atom is 0.236 e. The Kier molecular flexibility index (Phi) is 5.65. The zero-order valence-corrected chi connectivity index (χ0v) is 11.9. The van der Waals surface area contributed by atoms with E-state index in [2.05, 4.69) is 29.1 Å². The number of nitrogens with one attached hydrogen (secondary N) is 1. The van der Waals surface area contributed by atoms with Gasteiger partial charge in [-0.3, -0.25) is 4.79 Å². The number of hydrogen-bond acceptors (Lipinski definition) is 3. The first kappa shape index (κ1) is 14.2. The average Bonchev–Trinajstić information content (AvgIpc) is 2.77. The monoisotopic (exact) mass is 254 g/mol. The quantitative estimate of drug-likeness (QED) is 0.843. The Hall–Kier alpha value is -0.870. The second-order valence-electron chi connectivity index (χ2n) is 4.72. The van der Waals surface area contributed by atoms with Gasteiger partial charge >= 0.3 is 0 Å². The second kappa shape index (κ2) is 6.77. The minimum Gasteiger partial charge on any atom is -0.342 e. The molecule has 0 aliphatic heterocycles. The molecule has 1 atom stereocenters. The van der Waals surface area contributed by atoms with E-state index in [1.807, 2.05) is 20.9 Å². The molecule has 1 rings (SSSR count). The summed E-state index contributed by atoms with van der Waals surface area (Å²) in [6.45, 7) is 6.57. The highest BCUT2D eigenvalue weighted by atomic mass is 32.1. The molecule has 4 heteroatoms. The molecule has 0 radical (unpaired) electrons. The molecule has 0 spiro atoms. The molecule has 0 bridgehead atoms. The Balaban J connectivity index is 2.28. The maximum atomic E-state index is 11.8. The highest BCUT2D eigenvalue weighted by Gasteiger charge is 2.12. The summed E-state index contributed by atoms with van der Waals surface area (Å²) in [5.41, 5.74) is 1.33. The Morgan fingerprint density at radius 3 is 2.71 bits per heavy atom. The van der Waals surface area contributed by atoms with E-state index in [9.17, 15) is 4.79 Å². The van der Waals surface area contributed by atoms with Crippen LogP contribution in [0.2, 0.25) is 0 Å². The normalized spacial score (nSPS) is 12.8. The van der Waals surface area contributed by atoms with Crippen molar-refractivity contribution in [3.63, 3.8) is 0 Å². The van der Waals surface area contributed by atoms with Crippen molar-refractivity contribution in [2.75, 3.05) is 13.6 Å². The molecule has 1 N–H and O–H groups in total. The van der Waals surface area contributed by atoms with Gasteiger partial charge in [-0.1, -0.05) is 0 Å². The van der Waals surface area contributed by atoms with Crippen LogP contribution in [-0.2, 0) is 11.2 Å². The second-order valence-corrected chi connectivity index (χ2v) is 5.50. The fourth-order valence-electron chi connectivity index (χ4n) is 1.51. The molecule has 17 heavy (non-hydrogen) atoms. The van der Waals surface area contributed by atoms with Gasteiger partial charge < -0.3 is 10.2 Å². The van der Waals surface area contributed by atoms with Crippen molar-refractivity contribution in [2.24, 2.45) is 0 Å². The highest BCUT2D eigenvalue weighted by molar-refractivity contribution is 7.07. The number of hydrogen-bond donors (Lipinski definition) is 1. The molecule has 96 valence electrons. The highest BCUT2D eigenvalue weighted by Crippen LogP contribution is 2.08. The minimum atomic E-state index is 0.150. The van der Waals surface area contributed by atoms with E-state index in [-0.39, 0.29) is 11.9 Å². The van der Waals surface area contributed by atoms with E-state index in [0.29, 0.717) is 12.6 Å². The predicted molar refractivity (Wildman–Crippen MR) is 73.4 cm³/mol. The van der Waals surface area contributed by atoms with Crippen LogP contribution in [0.4, 0.5) is 0 Å². The van der Waals surface area contributed by atoms with Crippen molar-refractivity contribution in [1.82, 2.24) is 10.2 Å². The Morgan fingerprint density at radius 1 is 1.47 bits per heavy atom. The summed E-state index contributed by atoms with van der Waals surface area (Å²) in [7, 11) is 1.85. The fourth-order valence-corrected chi connectivity index (χ4v) is 2.19. The first-order chi connectivity index (χ1) is 8.00. The van der Waals surface area contributed by atoms with Gasteiger partial charge in [0.2, 0.25) is 5.91 Å². The molecule has 1 aromatic heterocycles. The van der Waals surface area contributed by atoms with Crippen molar-refractivity contribution in [2.45, 2.75) is 39.3 Å². The van der Waals surface area contributed by atoms with Gasteiger partial charge in [-0.05, 0) is 49.6 Å². The summed E-state index contributed by atoms with van der Waals surface area (Å²) in [4.78, 5) is 13.5. The zero-order valence-electron chi connectivity index (χ0n) is 11.1. The number of likely N-dealkylation sites (N-methyl/N-ethyl adjacent to an activating group) is 1. The van der Waals surface area contributed by atoms with Crippen LogP contribution in [0.15, 0.2) is 16.8 Å². The lowest BCUT2D eigenvalue weighted by atomic mass is 10.1. The molecule has 0 saturated carbocycles. The number of rotatable bonds is 6. The number of amides is 1. The van der Waals surface area contributed by atoms with E-state index >= 15 is 0 Å². The molecule has 0 aliphatic rings. The van der Waals surface area contributed by atoms with Gasteiger partial charge in [0, 0.05) is 19.1 Å². The first-order valence-corrected chi connectivity index (χ1v) is 6.95. The summed E-state index contributed by atoms with van der Waals surface area (Å²) >= 11 is 1.71. The fraction of sp³-hybridized carbons (Fsp3) is 0.615. The third-order valence-corrected chi connectivity index (χ3v) is 3.62. The van der Waals surface area contributed by atoms with Gasteiger partial charge in [0.25, 0.3) is 0 Å². The Labute approximate surface area is 108 Å². The SMILES string of the molecule is CC(Cc1ccsc1)NCC(=O)N(C)C(C)C. The predicted octanol–water partition coefficient (Wildman–Crippen LogP) is 2.14. The molecule has 1 unspecified atom stereocenters. The van der Waals surface area contributed by atoms with Crippen molar-refractivity contribution in [3.05, 3.63) is 22.4 Å². The number of nitrogens with zero attached hydrogens (tertiary/aromatic N) is 1. The van der Waals surface area contributed by atoms with Crippen LogP contribution in [-0.4, -0.2) is 36.5 Å².